The molecule has 202 valence electrons. The van der Waals surface area contributed by atoms with Crippen molar-refractivity contribution >= 4 is 0 Å². The minimum Gasteiger partial charge on any atom is -0.394 e. The van der Waals surface area contributed by atoms with Crippen LogP contribution < -0.4 is 5.32 Å². The smallest absolute Gasteiger partial charge is 0.187 e. The lowest BCUT2D eigenvalue weighted by molar-refractivity contribution is -0.344. The van der Waals surface area contributed by atoms with Crippen LogP contribution in [0, 0.1) is 16.7 Å². The summed E-state index contributed by atoms with van der Waals surface area (Å²) in [5.74, 6) is 0.607. The molecule has 2 saturated heterocycles. The fourth-order valence-electron chi connectivity index (χ4n) is 8.62. The molecule has 6 rings (SSSR count). The summed E-state index contributed by atoms with van der Waals surface area (Å²) in [6.45, 7) is 3.50. The lowest BCUT2D eigenvalue weighted by Crippen LogP contribution is -2.71. The molecule has 0 aromatic carbocycles. The van der Waals surface area contributed by atoms with E-state index in [0.29, 0.717) is 5.92 Å². The van der Waals surface area contributed by atoms with Crippen LogP contribution in [0.2, 0.25) is 0 Å². The predicted molar refractivity (Wildman–Crippen MR) is 120 cm³/mol. The Kier molecular flexibility index (Phi) is 6.80. The topological polar surface area (TPSA) is 181 Å². The number of nitrogens with one attached hydrogen (secondary N) is 1. The molecule has 14 atom stereocenters. The van der Waals surface area contributed by atoms with E-state index in [0.717, 1.165) is 19.3 Å². The van der Waals surface area contributed by atoms with Crippen molar-refractivity contribution < 1.29 is 50.0 Å². The first-order chi connectivity index (χ1) is 16.4. The summed E-state index contributed by atoms with van der Waals surface area (Å²) in [4.78, 5) is 0. The van der Waals surface area contributed by atoms with Gasteiger partial charge in [0.1, 0.15) is 55.1 Å². The van der Waals surface area contributed by atoms with Crippen LogP contribution in [0.4, 0.5) is 0 Å². The number of ether oxygens (including phenoxy) is 3. The fourth-order valence-corrected chi connectivity index (χ4v) is 8.62. The summed E-state index contributed by atoms with van der Waals surface area (Å²) in [7, 11) is 0. The van der Waals surface area contributed by atoms with E-state index in [9.17, 15) is 35.7 Å². The summed E-state index contributed by atoms with van der Waals surface area (Å²) in [5, 5.41) is 75.3. The molecular weight excluding hydrogens is 462 g/mol. The number of rotatable bonds is 6. The molecule has 6 fully saturated rings. The van der Waals surface area contributed by atoms with Gasteiger partial charge in [0, 0.05) is 5.54 Å². The molecule has 4 bridgehead atoms. The van der Waals surface area contributed by atoms with Crippen LogP contribution in [-0.2, 0) is 14.2 Å². The van der Waals surface area contributed by atoms with Gasteiger partial charge in [0.2, 0.25) is 0 Å². The maximum absolute atomic E-state index is 11.0. The molecule has 4 aliphatic carbocycles. The Labute approximate surface area is 205 Å². The quantitative estimate of drug-likeness (QED) is 0.200. The second-order valence-corrected chi connectivity index (χ2v) is 12.6. The summed E-state index contributed by atoms with van der Waals surface area (Å²) in [5.41, 5.74) is 0.230. The zero-order valence-electron chi connectivity index (χ0n) is 20.4. The van der Waals surface area contributed by atoms with E-state index in [1.807, 2.05) is 0 Å². The molecule has 0 aromatic rings. The highest BCUT2D eigenvalue weighted by atomic mass is 16.7. The zero-order chi connectivity index (χ0) is 25.3. The molecule has 6 aliphatic rings. The number of aliphatic hydroxyl groups excluding tert-OH is 7. The van der Waals surface area contributed by atoms with Crippen molar-refractivity contribution in [2.45, 2.75) is 119 Å². The Bertz CT molecular complexity index is 763. The average Bonchev–Trinajstić information content (AvgIpc) is 2.76. The minimum atomic E-state index is -1.68. The highest BCUT2D eigenvalue weighted by molar-refractivity contribution is 5.15. The third-order valence-corrected chi connectivity index (χ3v) is 9.08. The van der Waals surface area contributed by atoms with Crippen LogP contribution >= 0.6 is 0 Å². The molecule has 0 radical (unpaired) electrons. The highest BCUT2D eigenvalue weighted by Crippen LogP contribution is 2.66. The van der Waals surface area contributed by atoms with Gasteiger partial charge in [-0.25, -0.2) is 0 Å². The van der Waals surface area contributed by atoms with Crippen molar-refractivity contribution in [3.05, 3.63) is 0 Å². The first-order valence-electron chi connectivity index (χ1n) is 12.8. The summed E-state index contributed by atoms with van der Waals surface area (Å²) in [6, 6.07) is 0. The van der Waals surface area contributed by atoms with Crippen molar-refractivity contribution in [1.29, 1.82) is 0 Å². The first kappa shape index (κ1) is 26.2. The summed E-state index contributed by atoms with van der Waals surface area (Å²) >= 11 is 0. The predicted octanol–water partition coefficient (Wildman–Crippen LogP) is -2.05. The fraction of sp³-hybridized carbons (Fsp3) is 1.00. The molecule has 8 N–H and O–H groups in total. The van der Waals surface area contributed by atoms with Gasteiger partial charge in [-0.05, 0) is 55.3 Å². The standard InChI is InChI=1S/C24H41NO10/c1-22-3-11-4-23(2,8-22)10-24(5-11,9-22)25-20-17(31)16(30)19(13(7-27)33-20)35-21-18(32)15(29)14(28)12(6-26)34-21/h11-21,25-32H,3-10H2,1-2H3/t11?,12-,13-,14+,15+,16-,17-,18-,19-,20?,21+,22-,23+,24?/m1/s1. The van der Waals surface area contributed by atoms with Crippen molar-refractivity contribution in [1.82, 2.24) is 5.32 Å². The molecule has 0 aromatic heterocycles. The Morgan fingerprint density at radius 1 is 0.743 bits per heavy atom. The van der Waals surface area contributed by atoms with Crippen molar-refractivity contribution in [3.8, 4) is 0 Å². The monoisotopic (exact) mass is 503 g/mol. The Hall–Kier alpha value is -0.440. The molecule has 0 spiro atoms. The largest absolute Gasteiger partial charge is 0.394 e. The lowest BCUT2D eigenvalue weighted by Gasteiger charge is -2.66. The van der Waals surface area contributed by atoms with E-state index in [4.69, 9.17) is 14.2 Å². The van der Waals surface area contributed by atoms with Gasteiger partial charge in [-0.15, -0.1) is 0 Å². The van der Waals surface area contributed by atoms with E-state index in [2.05, 4.69) is 19.2 Å². The average molecular weight is 504 g/mol. The van der Waals surface area contributed by atoms with Gasteiger partial charge in [0.15, 0.2) is 6.29 Å². The van der Waals surface area contributed by atoms with E-state index < -0.39 is 74.6 Å². The van der Waals surface area contributed by atoms with Gasteiger partial charge in [0.25, 0.3) is 0 Å². The minimum absolute atomic E-state index is 0.223. The molecule has 11 heteroatoms. The van der Waals surface area contributed by atoms with Crippen LogP contribution in [-0.4, -0.2) is 116 Å². The molecule has 3 unspecified atom stereocenters. The van der Waals surface area contributed by atoms with Crippen molar-refractivity contribution in [2.75, 3.05) is 13.2 Å². The van der Waals surface area contributed by atoms with Crippen LogP contribution in [0.3, 0.4) is 0 Å². The van der Waals surface area contributed by atoms with Crippen LogP contribution in [0.5, 0.6) is 0 Å². The van der Waals surface area contributed by atoms with Gasteiger partial charge in [0.05, 0.1) is 13.2 Å². The number of aliphatic hydroxyl groups is 7. The molecule has 4 saturated carbocycles. The number of hydrogen-bond donors (Lipinski definition) is 8. The maximum Gasteiger partial charge on any atom is 0.187 e. The van der Waals surface area contributed by atoms with Crippen molar-refractivity contribution in [3.63, 3.8) is 0 Å². The second-order valence-electron chi connectivity index (χ2n) is 12.6. The highest BCUT2D eigenvalue weighted by Gasteiger charge is 2.61. The first-order valence-corrected chi connectivity index (χ1v) is 12.8. The van der Waals surface area contributed by atoms with Crippen LogP contribution in [0.1, 0.15) is 52.4 Å². The molecular formula is C24H41NO10. The van der Waals surface area contributed by atoms with E-state index in [1.54, 1.807) is 0 Å². The molecule has 11 nitrogen and oxygen atoms in total. The molecule has 0 amide bonds. The third-order valence-electron chi connectivity index (χ3n) is 9.08. The van der Waals surface area contributed by atoms with Gasteiger partial charge < -0.3 is 50.0 Å². The molecule has 2 heterocycles. The summed E-state index contributed by atoms with van der Waals surface area (Å²) < 4.78 is 17.1. The van der Waals surface area contributed by atoms with E-state index >= 15 is 0 Å². The maximum atomic E-state index is 11.0. The lowest BCUT2D eigenvalue weighted by atomic mass is 9.42. The Morgan fingerprint density at radius 3 is 1.94 bits per heavy atom. The molecule has 2 aliphatic heterocycles. The van der Waals surface area contributed by atoms with Crippen LogP contribution in [0.25, 0.3) is 0 Å². The van der Waals surface area contributed by atoms with Crippen molar-refractivity contribution in [2.24, 2.45) is 16.7 Å². The van der Waals surface area contributed by atoms with E-state index in [-0.39, 0.29) is 16.4 Å². The Morgan fingerprint density at radius 2 is 1.37 bits per heavy atom. The third kappa shape index (κ3) is 4.57. The van der Waals surface area contributed by atoms with Gasteiger partial charge in [-0.2, -0.15) is 0 Å². The summed E-state index contributed by atoms with van der Waals surface area (Å²) in [6.07, 6.45) is -7.26. The Balaban J connectivity index is 1.30. The van der Waals surface area contributed by atoms with Gasteiger partial charge >= 0.3 is 0 Å². The molecule has 35 heavy (non-hydrogen) atoms. The normalized spacial score (nSPS) is 58.0. The SMILES string of the molecule is C[C@]12CC3CC(NC4O[C@H](CO)[C@@H](O[C@@H]5O[C@H](CO)[C@H](O)[C@H](O)[C@H]5O)[C@H](O)[C@H]4O)(C1)C[C@@](C)(C3)C2. The number of hydrogen-bond acceptors (Lipinski definition) is 11. The van der Waals surface area contributed by atoms with Gasteiger partial charge in [-0.1, -0.05) is 13.8 Å². The van der Waals surface area contributed by atoms with Gasteiger partial charge in [-0.3, -0.25) is 5.32 Å². The van der Waals surface area contributed by atoms with E-state index in [1.165, 1.54) is 19.3 Å². The second kappa shape index (κ2) is 9.09. The zero-order valence-corrected chi connectivity index (χ0v) is 20.4. The van der Waals surface area contributed by atoms with Crippen LogP contribution in [0.15, 0.2) is 0 Å².